The minimum atomic E-state index is 0.369. The summed E-state index contributed by atoms with van der Waals surface area (Å²) < 4.78 is 0. The fourth-order valence-corrected chi connectivity index (χ4v) is 2.71. The average molecular weight is 233 g/mol. The van der Waals surface area contributed by atoms with E-state index in [1.807, 2.05) is 12.1 Å². The van der Waals surface area contributed by atoms with Gasteiger partial charge in [-0.15, -0.1) is 0 Å². The van der Waals surface area contributed by atoms with Gasteiger partial charge >= 0.3 is 0 Å². The van der Waals surface area contributed by atoms with Crippen molar-refractivity contribution in [3.63, 3.8) is 0 Å². The summed E-state index contributed by atoms with van der Waals surface area (Å²) in [6.07, 6.45) is 1.31. The topological polar surface area (TPSA) is 23.5 Å². The standard InChI is InChI=1S/C15H23NO/c1-11(2)14-7-8-16(10-14)12(3)13-5-4-6-15(17)9-13/h4-6,9,11-12,14,17H,7-8,10H2,1-3H3. The zero-order valence-corrected chi connectivity index (χ0v) is 11.1. The van der Waals surface area contributed by atoms with E-state index < -0.39 is 0 Å². The van der Waals surface area contributed by atoms with Crippen LogP contribution in [0.1, 0.15) is 38.8 Å². The second-order valence-corrected chi connectivity index (χ2v) is 5.56. The van der Waals surface area contributed by atoms with Gasteiger partial charge in [-0.3, -0.25) is 4.90 Å². The number of hydrogen-bond acceptors (Lipinski definition) is 2. The highest BCUT2D eigenvalue weighted by Crippen LogP contribution is 2.31. The Hall–Kier alpha value is -1.02. The van der Waals surface area contributed by atoms with Gasteiger partial charge in [0.1, 0.15) is 5.75 Å². The third-order valence-electron chi connectivity index (χ3n) is 4.10. The van der Waals surface area contributed by atoms with E-state index in [1.54, 1.807) is 6.07 Å². The second kappa shape index (κ2) is 5.09. The van der Waals surface area contributed by atoms with Gasteiger partial charge in [-0.05, 0) is 49.4 Å². The van der Waals surface area contributed by atoms with E-state index in [9.17, 15) is 5.11 Å². The molecule has 0 radical (unpaired) electrons. The molecule has 1 aromatic rings. The maximum absolute atomic E-state index is 9.53. The number of nitrogens with zero attached hydrogens (tertiary/aromatic N) is 1. The van der Waals surface area contributed by atoms with Crippen LogP contribution < -0.4 is 0 Å². The zero-order chi connectivity index (χ0) is 12.4. The van der Waals surface area contributed by atoms with E-state index in [1.165, 1.54) is 25.1 Å². The molecular weight excluding hydrogens is 210 g/mol. The minimum absolute atomic E-state index is 0.369. The van der Waals surface area contributed by atoms with E-state index in [0.29, 0.717) is 11.8 Å². The van der Waals surface area contributed by atoms with Crippen molar-refractivity contribution in [1.29, 1.82) is 0 Å². The lowest BCUT2D eigenvalue weighted by atomic mass is 9.95. The molecule has 2 atom stereocenters. The maximum Gasteiger partial charge on any atom is 0.115 e. The van der Waals surface area contributed by atoms with Crippen molar-refractivity contribution in [1.82, 2.24) is 4.90 Å². The molecule has 0 saturated carbocycles. The molecule has 1 aliphatic heterocycles. The van der Waals surface area contributed by atoms with Gasteiger partial charge in [-0.25, -0.2) is 0 Å². The van der Waals surface area contributed by atoms with Crippen LogP contribution in [0.3, 0.4) is 0 Å². The Balaban J connectivity index is 2.04. The number of rotatable bonds is 3. The molecule has 1 aromatic carbocycles. The fraction of sp³-hybridized carbons (Fsp3) is 0.600. The van der Waals surface area contributed by atoms with Gasteiger partial charge in [0.05, 0.1) is 0 Å². The molecule has 1 N–H and O–H groups in total. The zero-order valence-electron chi connectivity index (χ0n) is 11.1. The second-order valence-electron chi connectivity index (χ2n) is 5.56. The summed E-state index contributed by atoms with van der Waals surface area (Å²) in [5.41, 5.74) is 1.22. The fourth-order valence-electron chi connectivity index (χ4n) is 2.71. The molecule has 94 valence electrons. The van der Waals surface area contributed by atoms with Crippen LogP contribution in [-0.2, 0) is 0 Å². The number of likely N-dealkylation sites (tertiary alicyclic amines) is 1. The molecule has 1 aliphatic rings. The molecule has 0 bridgehead atoms. The van der Waals surface area contributed by atoms with Crippen LogP contribution in [0.4, 0.5) is 0 Å². The van der Waals surface area contributed by atoms with Crippen molar-refractivity contribution in [2.75, 3.05) is 13.1 Å². The van der Waals surface area contributed by atoms with E-state index in [-0.39, 0.29) is 0 Å². The first-order valence-corrected chi connectivity index (χ1v) is 6.61. The molecular formula is C15H23NO. The average Bonchev–Trinajstić information content (AvgIpc) is 2.77. The van der Waals surface area contributed by atoms with Crippen LogP contribution in [0.25, 0.3) is 0 Å². The number of phenolic OH excluding ortho intramolecular Hbond substituents is 1. The molecule has 2 unspecified atom stereocenters. The van der Waals surface area contributed by atoms with Gasteiger partial charge in [0.25, 0.3) is 0 Å². The first-order chi connectivity index (χ1) is 8.08. The number of aromatic hydroxyl groups is 1. The molecule has 1 heterocycles. The van der Waals surface area contributed by atoms with Crippen molar-refractivity contribution in [2.24, 2.45) is 11.8 Å². The Kier molecular flexibility index (Phi) is 3.72. The monoisotopic (exact) mass is 233 g/mol. The number of phenols is 1. The predicted molar refractivity (Wildman–Crippen MR) is 71.0 cm³/mol. The van der Waals surface area contributed by atoms with Crippen LogP contribution in [0.15, 0.2) is 24.3 Å². The summed E-state index contributed by atoms with van der Waals surface area (Å²) in [4.78, 5) is 2.53. The summed E-state index contributed by atoms with van der Waals surface area (Å²) in [7, 11) is 0. The number of hydrogen-bond donors (Lipinski definition) is 1. The van der Waals surface area contributed by atoms with E-state index in [4.69, 9.17) is 0 Å². The van der Waals surface area contributed by atoms with Crippen molar-refractivity contribution >= 4 is 0 Å². The molecule has 17 heavy (non-hydrogen) atoms. The summed E-state index contributed by atoms with van der Waals surface area (Å²) in [6, 6.07) is 8.06. The lowest BCUT2D eigenvalue weighted by molar-refractivity contribution is 0.241. The van der Waals surface area contributed by atoms with Crippen LogP contribution in [0.5, 0.6) is 5.75 Å². The maximum atomic E-state index is 9.53. The van der Waals surface area contributed by atoms with Gasteiger partial charge in [-0.2, -0.15) is 0 Å². The van der Waals surface area contributed by atoms with E-state index in [2.05, 4.69) is 31.7 Å². The summed E-state index contributed by atoms with van der Waals surface area (Å²) in [6.45, 7) is 9.23. The van der Waals surface area contributed by atoms with Gasteiger partial charge in [-0.1, -0.05) is 26.0 Å². The van der Waals surface area contributed by atoms with Gasteiger partial charge in [0.15, 0.2) is 0 Å². The molecule has 0 aromatic heterocycles. The third-order valence-corrected chi connectivity index (χ3v) is 4.10. The summed E-state index contributed by atoms with van der Waals surface area (Å²) in [5, 5.41) is 9.53. The SMILES string of the molecule is CC(C)C1CCN(C(C)c2cccc(O)c2)C1. The van der Waals surface area contributed by atoms with Crippen LogP contribution >= 0.6 is 0 Å². The summed E-state index contributed by atoms with van der Waals surface area (Å²) in [5.74, 6) is 1.97. The highest BCUT2D eigenvalue weighted by molar-refractivity contribution is 5.29. The molecule has 2 nitrogen and oxygen atoms in total. The molecule has 2 rings (SSSR count). The van der Waals surface area contributed by atoms with E-state index in [0.717, 1.165) is 11.8 Å². The third kappa shape index (κ3) is 2.81. The quantitative estimate of drug-likeness (QED) is 0.864. The van der Waals surface area contributed by atoms with Crippen molar-refractivity contribution in [3.05, 3.63) is 29.8 Å². The highest BCUT2D eigenvalue weighted by atomic mass is 16.3. The van der Waals surface area contributed by atoms with Crippen molar-refractivity contribution < 1.29 is 5.11 Å². The Morgan fingerprint density at radius 2 is 2.06 bits per heavy atom. The van der Waals surface area contributed by atoms with Gasteiger partial charge in [0, 0.05) is 12.6 Å². The van der Waals surface area contributed by atoms with Crippen molar-refractivity contribution in [3.8, 4) is 5.75 Å². The number of benzene rings is 1. The van der Waals surface area contributed by atoms with Crippen LogP contribution in [0, 0.1) is 11.8 Å². The smallest absolute Gasteiger partial charge is 0.115 e. The Bertz CT molecular complexity index is 375. The normalized spacial score (nSPS) is 23.2. The lowest BCUT2D eigenvalue weighted by Gasteiger charge is -2.25. The molecule has 1 saturated heterocycles. The predicted octanol–water partition coefficient (Wildman–Crippen LogP) is 3.43. The van der Waals surface area contributed by atoms with Gasteiger partial charge < -0.3 is 5.11 Å². The lowest BCUT2D eigenvalue weighted by Crippen LogP contribution is -2.25. The van der Waals surface area contributed by atoms with Crippen LogP contribution in [-0.4, -0.2) is 23.1 Å². The van der Waals surface area contributed by atoms with E-state index >= 15 is 0 Å². The molecule has 2 heteroatoms. The largest absolute Gasteiger partial charge is 0.508 e. The summed E-state index contributed by atoms with van der Waals surface area (Å²) >= 11 is 0. The molecule has 0 aliphatic carbocycles. The Morgan fingerprint density at radius 3 is 2.65 bits per heavy atom. The first-order valence-electron chi connectivity index (χ1n) is 6.61. The van der Waals surface area contributed by atoms with Crippen LogP contribution in [0.2, 0.25) is 0 Å². The first kappa shape index (κ1) is 12.4. The Labute approximate surface area is 104 Å². The minimum Gasteiger partial charge on any atom is -0.508 e. The van der Waals surface area contributed by atoms with Crippen molar-refractivity contribution in [2.45, 2.75) is 33.2 Å². The molecule has 0 spiro atoms. The van der Waals surface area contributed by atoms with Gasteiger partial charge in [0.2, 0.25) is 0 Å². The molecule has 1 fully saturated rings. The Morgan fingerprint density at radius 1 is 1.29 bits per heavy atom. The molecule has 0 amide bonds. The highest BCUT2D eigenvalue weighted by Gasteiger charge is 2.28.